The van der Waals surface area contributed by atoms with Crippen molar-refractivity contribution in [3.05, 3.63) is 60.3 Å². The van der Waals surface area contributed by atoms with E-state index in [0.717, 1.165) is 22.2 Å². The van der Waals surface area contributed by atoms with E-state index in [1.165, 1.54) is 0 Å². The van der Waals surface area contributed by atoms with Gasteiger partial charge in [-0.25, -0.2) is 0 Å². The summed E-state index contributed by atoms with van der Waals surface area (Å²) >= 11 is 0. The third-order valence-electron chi connectivity index (χ3n) is 4.45. The molecule has 0 aromatic carbocycles. The smallest absolute Gasteiger partial charge is 0.224 e. The van der Waals surface area contributed by atoms with Gasteiger partial charge >= 0.3 is 0 Å². The Bertz CT molecular complexity index is 1190. The molecular formula is C19H17N9. The number of hydrogen-bond donors (Lipinski definition) is 3. The molecule has 4 heterocycles. The Kier molecular flexibility index (Phi) is 4.21. The first-order valence-electron chi connectivity index (χ1n) is 8.53. The molecule has 5 N–H and O–H groups in total. The third-order valence-corrected chi connectivity index (χ3v) is 4.45. The Labute approximate surface area is 160 Å². The van der Waals surface area contributed by atoms with Crippen molar-refractivity contribution in [2.75, 3.05) is 16.8 Å². The second-order valence-electron chi connectivity index (χ2n) is 6.23. The number of fused-ring (bicyclic) bond motifs is 1. The zero-order valence-corrected chi connectivity index (χ0v) is 15.0. The Balaban J connectivity index is 1.79. The van der Waals surface area contributed by atoms with Crippen LogP contribution < -0.4 is 16.8 Å². The van der Waals surface area contributed by atoms with Crippen LogP contribution in [0.2, 0.25) is 0 Å². The quantitative estimate of drug-likeness (QED) is 0.496. The van der Waals surface area contributed by atoms with Gasteiger partial charge in [0.2, 0.25) is 5.95 Å². The number of hydrogen-bond acceptors (Lipinski definition) is 8. The van der Waals surface area contributed by atoms with Gasteiger partial charge in [0, 0.05) is 35.7 Å². The molecule has 0 fully saturated rings. The van der Waals surface area contributed by atoms with Gasteiger partial charge in [0.25, 0.3) is 0 Å². The molecule has 0 bridgehead atoms. The summed E-state index contributed by atoms with van der Waals surface area (Å²) in [6.07, 6.45) is 9.10. The van der Waals surface area contributed by atoms with Crippen LogP contribution in [0.4, 0.5) is 17.6 Å². The number of nitrogens with zero attached hydrogens (tertiary/aromatic N) is 6. The minimum Gasteiger partial charge on any atom is -0.382 e. The molecule has 28 heavy (non-hydrogen) atoms. The van der Waals surface area contributed by atoms with E-state index < -0.39 is 0 Å². The molecule has 0 amide bonds. The zero-order chi connectivity index (χ0) is 19.7. The average Bonchev–Trinajstić information content (AvgIpc) is 3.08. The molecule has 4 rings (SSSR count). The fourth-order valence-electron chi connectivity index (χ4n) is 3.15. The SMILES string of the molecule is C[C@H](Nc1nc(N)nc(N)c1C#N)c1cn(-c2cccnc2)c2ccncc12. The van der Waals surface area contributed by atoms with E-state index in [9.17, 15) is 5.26 Å². The lowest BCUT2D eigenvalue weighted by Crippen LogP contribution is -2.13. The van der Waals surface area contributed by atoms with Gasteiger partial charge < -0.3 is 21.4 Å². The van der Waals surface area contributed by atoms with E-state index in [4.69, 9.17) is 11.5 Å². The van der Waals surface area contributed by atoms with Crippen LogP contribution in [0.25, 0.3) is 16.6 Å². The van der Waals surface area contributed by atoms with Crippen molar-refractivity contribution in [3.8, 4) is 11.8 Å². The summed E-state index contributed by atoms with van der Waals surface area (Å²) in [5.41, 5.74) is 14.6. The highest BCUT2D eigenvalue weighted by molar-refractivity contribution is 5.85. The van der Waals surface area contributed by atoms with Crippen molar-refractivity contribution in [3.63, 3.8) is 0 Å². The molecule has 4 aromatic rings. The number of aromatic nitrogens is 5. The number of anilines is 3. The summed E-state index contributed by atoms with van der Waals surface area (Å²) in [5.74, 6) is 0.348. The largest absolute Gasteiger partial charge is 0.382 e. The first kappa shape index (κ1) is 17.2. The van der Waals surface area contributed by atoms with Gasteiger partial charge in [-0.3, -0.25) is 9.97 Å². The topological polar surface area (TPSA) is 144 Å². The maximum Gasteiger partial charge on any atom is 0.224 e. The molecule has 0 unspecified atom stereocenters. The predicted molar refractivity (Wildman–Crippen MR) is 106 cm³/mol. The number of nitrogens with one attached hydrogen (secondary N) is 1. The van der Waals surface area contributed by atoms with Gasteiger partial charge in [-0.05, 0) is 25.1 Å². The average molecular weight is 371 g/mol. The molecular weight excluding hydrogens is 354 g/mol. The normalized spacial score (nSPS) is 11.9. The second kappa shape index (κ2) is 6.85. The molecule has 9 nitrogen and oxygen atoms in total. The third kappa shape index (κ3) is 2.93. The van der Waals surface area contributed by atoms with Gasteiger partial charge in [0.15, 0.2) is 5.82 Å². The van der Waals surface area contributed by atoms with Gasteiger partial charge in [0.05, 0.1) is 23.4 Å². The summed E-state index contributed by atoms with van der Waals surface area (Å²) in [4.78, 5) is 16.4. The molecule has 0 aliphatic carbocycles. The van der Waals surface area contributed by atoms with E-state index in [2.05, 4.69) is 25.3 Å². The van der Waals surface area contributed by atoms with E-state index >= 15 is 0 Å². The Hall–Kier alpha value is -4.19. The summed E-state index contributed by atoms with van der Waals surface area (Å²) in [6.45, 7) is 1.96. The number of pyridine rings is 2. The lowest BCUT2D eigenvalue weighted by atomic mass is 10.1. The Morgan fingerprint density at radius 2 is 1.96 bits per heavy atom. The highest BCUT2D eigenvalue weighted by Gasteiger charge is 2.18. The van der Waals surface area contributed by atoms with Crippen LogP contribution in [0.3, 0.4) is 0 Å². The lowest BCUT2D eigenvalue weighted by molar-refractivity contribution is 0.874. The van der Waals surface area contributed by atoms with Gasteiger partial charge in [-0.2, -0.15) is 15.2 Å². The predicted octanol–water partition coefficient (Wildman–Crippen LogP) is 2.42. The molecule has 0 saturated carbocycles. The Morgan fingerprint density at radius 3 is 2.71 bits per heavy atom. The summed E-state index contributed by atoms with van der Waals surface area (Å²) in [5, 5.41) is 13.6. The fourth-order valence-corrected chi connectivity index (χ4v) is 3.15. The monoisotopic (exact) mass is 371 g/mol. The van der Waals surface area contributed by atoms with E-state index in [0.29, 0.717) is 5.82 Å². The van der Waals surface area contributed by atoms with Crippen LogP contribution in [0.1, 0.15) is 24.1 Å². The van der Waals surface area contributed by atoms with Crippen LogP contribution in [0.15, 0.2) is 49.2 Å². The fraction of sp³-hybridized carbons (Fsp3) is 0.105. The molecule has 1 atom stereocenters. The number of nitrogens with two attached hydrogens (primary N) is 2. The number of nitriles is 1. The lowest BCUT2D eigenvalue weighted by Gasteiger charge is -2.15. The molecule has 0 aliphatic rings. The maximum atomic E-state index is 9.39. The van der Waals surface area contributed by atoms with Crippen molar-refractivity contribution in [2.24, 2.45) is 0 Å². The van der Waals surface area contributed by atoms with Crippen LogP contribution in [0.5, 0.6) is 0 Å². The molecule has 0 spiro atoms. The van der Waals surface area contributed by atoms with Crippen molar-refractivity contribution in [1.82, 2.24) is 24.5 Å². The minimum atomic E-state index is -0.203. The van der Waals surface area contributed by atoms with Crippen LogP contribution in [-0.2, 0) is 0 Å². The first-order chi connectivity index (χ1) is 13.6. The highest BCUT2D eigenvalue weighted by atomic mass is 15.1. The van der Waals surface area contributed by atoms with Gasteiger partial charge in [-0.15, -0.1) is 0 Å². The molecule has 138 valence electrons. The summed E-state index contributed by atoms with van der Waals surface area (Å²) in [6, 6.07) is 7.63. The highest BCUT2D eigenvalue weighted by Crippen LogP contribution is 2.31. The Morgan fingerprint density at radius 1 is 1.14 bits per heavy atom. The van der Waals surface area contributed by atoms with Crippen LogP contribution in [-0.4, -0.2) is 24.5 Å². The van der Waals surface area contributed by atoms with Gasteiger partial charge in [-0.1, -0.05) is 0 Å². The molecule has 0 radical (unpaired) electrons. The zero-order valence-electron chi connectivity index (χ0n) is 15.0. The molecule has 0 aliphatic heterocycles. The van der Waals surface area contributed by atoms with Gasteiger partial charge in [0.1, 0.15) is 17.5 Å². The minimum absolute atomic E-state index is 0.00524. The maximum absolute atomic E-state index is 9.39. The summed E-state index contributed by atoms with van der Waals surface area (Å²) < 4.78 is 2.05. The van der Waals surface area contributed by atoms with Crippen molar-refractivity contribution in [2.45, 2.75) is 13.0 Å². The molecule has 9 heteroatoms. The first-order valence-corrected chi connectivity index (χ1v) is 8.53. The second-order valence-corrected chi connectivity index (χ2v) is 6.23. The van der Waals surface area contributed by atoms with E-state index in [1.807, 2.05) is 48.2 Å². The molecule has 0 saturated heterocycles. The standard InChI is InChI=1S/C19H17N9/c1-11(25-18-13(7-20)17(21)26-19(22)27-18)15-10-28(12-3-2-5-23-8-12)16-4-6-24-9-14(15)16/h2-6,8-11H,1H3,(H5,21,22,25,26,27)/t11-/m0/s1. The van der Waals surface area contributed by atoms with Crippen LogP contribution in [0, 0.1) is 11.3 Å². The number of nitrogen functional groups attached to an aromatic ring is 2. The van der Waals surface area contributed by atoms with E-state index in [1.54, 1.807) is 18.6 Å². The van der Waals surface area contributed by atoms with Crippen LogP contribution >= 0.6 is 0 Å². The summed E-state index contributed by atoms with van der Waals surface area (Å²) in [7, 11) is 0. The van der Waals surface area contributed by atoms with Crippen molar-refractivity contribution >= 4 is 28.5 Å². The van der Waals surface area contributed by atoms with E-state index in [-0.39, 0.29) is 23.4 Å². The molecule has 4 aromatic heterocycles. The van der Waals surface area contributed by atoms with Crippen molar-refractivity contribution in [1.29, 1.82) is 5.26 Å². The van der Waals surface area contributed by atoms with Crippen molar-refractivity contribution < 1.29 is 0 Å². The number of rotatable bonds is 4.